The van der Waals surface area contributed by atoms with Gasteiger partial charge in [-0.3, -0.25) is 9.69 Å². The summed E-state index contributed by atoms with van der Waals surface area (Å²) < 4.78 is 14.2. The molecule has 0 aliphatic carbocycles. The van der Waals surface area contributed by atoms with Crippen LogP contribution in [0.25, 0.3) is 0 Å². The molecule has 2 aliphatic heterocycles. The lowest BCUT2D eigenvalue weighted by molar-refractivity contribution is -0.139. The molecule has 2 aromatic rings. The molecule has 0 spiro atoms. The minimum atomic E-state index is -1.20. The van der Waals surface area contributed by atoms with Crippen molar-refractivity contribution in [1.82, 2.24) is 19.8 Å². The minimum absolute atomic E-state index is 0.0218. The van der Waals surface area contributed by atoms with Gasteiger partial charge in [-0.25, -0.2) is 19.2 Å². The number of amides is 2. The Kier molecular flexibility index (Phi) is 7.90. The Morgan fingerprint density at radius 1 is 1.27 bits per heavy atom. The summed E-state index contributed by atoms with van der Waals surface area (Å²) in [4.78, 5) is 40.5. The van der Waals surface area contributed by atoms with Gasteiger partial charge in [-0.05, 0) is 52.3 Å². The average Bonchev–Trinajstić information content (AvgIpc) is 3.20. The van der Waals surface area contributed by atoms with Crippen molar-refractivity contribution in [3.05, 3.63) is 52.2 Å². The van der Waals surface area contributed by atoms with Gasteiger partial charge in [-0.15, -0.1) is 11.8 Å². The molecule has 8 nitrogen and oxygen atoms in total. The van der Waals surface area contributed by atoms with Crippen LogP contribution >= 0.6 is 23.4 Å². The van der Waals surface area contributed by atoms with Gasteiger partial charge < -0.3 is 14.9 Å². The van der Waals surface area contributed by atoms with Crippen molar-refractivity contribution in [2.45, 2.75) is 69.7 Å². The molecule has 0 bridgehead atoms. The van der Waals surface area contributed by atoms with E-state index in [0.29, 0.717) is 30.4 Å². The number of carbonyl (C=O) groups excluding carboxylic acids is 1. The van der Waals surface area contributed by atoms with E-state index in [-0.39, 0.29) is 23.4 Å². The molecule has 3 heterocycles. The second kappa shape index (κ2) is 10.6. The van der Waals surface area contributed by atoms with Gasteiger partial charge in [0.1, 0.15) is 24.0 Å². The number of carbonyl (C=O) groups is 2. The summed E-state index contributed by atoms with van der Waals surface area (Å²) in [5, 5.41) is 10.4. The highest BCUT2D eigenvalue weighted by atomic mass is 35.5. The second-order valence-corrected chi connectivity index (χ2v) is 12.4. The number of benzene rings is 1. The smallest absolute Gasteiger partial charge is 0.408 e. The fourth-order valence-corrected chi connectivity index (χ4v) is 6.38. The standard InChI is InChI=1S/C26H33ClFN5O3S/c1-15-12-31(8-9-32(15)23-22-16(2)37-13-20(22)29-14-30-23)24(34)21(33(25(35)36)26(3,4)5)11-17-6-7-18(27)19(28)10-17/h6-7,10,14-16,21H,8-9,11-13H2,1-5H3,(H,35,36)/t15-,16-,21+/m0/s1. The van der Waals surface area contributed by atoms with Crippen molar-refractivity contribution in [1.29, 1.82) is 0 Å². The Balaban J connectivity index is 1.59. The summed E-state index contributed by atoms with van der Waals surface area (Å²) in [6, 6.07) is 3.27. The Morgan fingerprint density at radius 3 is 2.62 bits per heavy atom. The van der Waals surface area contributed by atoms with Gasteiger partial charge in [-0.1, -0.05) is 17.7 Å². The molecule has 1 aromatic carbocycles. The van der Waals surface area contributed by atoms with Gasteiger partial charge in [0.25, 0.3) is 0 Å². The van der Waals surface area contributed by atoms with Crippen molar-refractivity contribution >= 4 is 41.2 Å². The van der Waals surface area contributed by atoms with E-state index in [1.54, 1.807) is 38.1 Å². The van der Waals surface area contributed by atoms with E-state index in [0.717, 1.165) is 22.8 Å². The summed E-state index contributed by atoms with van der Waals surface area (Å²) in [5.41, 5.74) is 1.88. The number of thioether (sulfide) groups is 1. The topological polar surface area (TPSA) is 89.9 Å². The highest BCUT2D eigenvalue weighted by molar-refractivity contribution is 7.99. The molecule has 200 valence electrons. The number of piperazine rings is 1. The molecular formula is C26H33ClFN5O3S. The molecule has 1 N–H and O–H groups in total. The molecule has 4 rings (SSSR count). The van der Waals surface area contributed by atoms with Crippen LogP contribution in [0.15, 0.2) is 24.5 Å². The first-order valence-electron chi connectivity index (χ1n) is 12.4. The minimum Gasteiger partial charge on any atom is -0.465 e. The number of aromatic nitrogens is 2. The summed E-state index contributed by atoms with van der Waals surface area (Å²) >= 11 is 7.68. The molecule has 2 amide bonds. The maximum atomic E-state index is 14.2. The van der Waals surface area contributed by atoms with Crippen LogP contribution in [0.5, 0.6) is 0 Å². The van der Waals surface area contributed by atoms with Crippen molar-refractivity contribution in [3.63, 3.8) is 0 Å². The fraction of sp³-hybridized carbons (Fsp3) is 0.538. The third kappa shape index (κ3) is 5.65. The van der Waals surface area contributed by atoms with Crippen LogP contribution in [-0.2, 0) is 17.0 Å². The molecule has 11 heteroatoms. The predicted octanol–water partition coefficient (Wildman–Crippen LogP) is 5.00. The second-order valence-electron chi connectivity index (χ2n) is 10.6. The highest BCUT2D eigenvalue weighted by Crippen LogP contribution is 2.44. The van der Waals surface area contributed by atoms with Crippen LogP contribution in [0.2, 0.25) is 5.02 Å². The summed E-state index contributed by atoms with van der Waals surface area (Å²) in [6.07, 6.45) is 0.445. The maximum Gasteiger partial charge on any atom is 0.408 e. The number of hydrogen-bond acceptors (Lipinski definition) is 6. The van der Waals surface area contributed by atoms with Gasteiger partial charge in [0.2, 0.25) is 5.91 Å². The molecule has 2 aliphatic rings. The molecule has 0 unspecified atom stereocenters. The monoisotopic (exact) mass is 549 g/mol. The number of halogens is 2. The molecule has 1 fully saturated rings. The zero-order valence-electron chi connectivity index (χ0n) is 21.7. The van der Waals surface area contributed by atoms with E-state index in [2.05, 4.69) is 21.8 Å². The third-order valence-corrected chi connectivity index (χ3v) is 8.45. The first-order chi connectivity index (χ1) is 17.4. The quantitative estimate of drug-likeness (QED) is 0.561. The predicted molar refractivity (Wildman–Crippen MR) is 144 cm³/mol. The van der Waals surface area contributed by atoms with E-state index in [4.69, 9.17) is 11.6 Å². The third-order valence-electron chi connectivity index (χ3n) is 6.97. The van der Waals surface area contributed by atoms with E-state index in [9.17, 15) is 19.1 Å². The van der Waals surface area contributed by atoms with Crippen molar-refractivity contribution in [3.8, 4) is 0 Å². The lowest BCUT2D eigenvalue weighted by Gasteiger charge is -2.45. The SMILES string of the molecule is C[C@@H]1SCc2ncnc(N3CCN(C(=O)[C@@H](Cc4ccc(Cl)c(F)c4)N(C(=O)O)C(C)(C)C)C[C@@H]3C)c21. The zero-order chi connectivity index (χ0) is 27.1. The Hall–Kier alpha value is -2.59. The summed E-state index contributed by atoms with van der Waals surface area (Å²) in [7, 11) is 0. The summed E-state index contributed by atoms with van der Waals surface area (Å²) in [6.45, 7) is 10.9. The molecule has 1 aromatic heterocycles. The molecular weight excluding hydrogens is 517 g/mol. The van der Waals surface area contributed by atoms with E-state index in [1.807, 2.05) is 18.7 Å². The van der Waals surface area contributed by atoms with Gasteiger partial charge >= 0.3 is 6.09 Å². The van der Waals surface area contributed by atoms with Gasteiger partial charge in [-0.2, -0.15) is 0 Å². The van der Waals surface area contributed by atoms with Crippen LogP contribution in [0.3, 0.4) is 0 Å². The lowest BCUT2D eigenvalue weighted by atomic mass is 9.96. The Labute approximate surface area is 226 Å². The van der Waals surface area contributed by atoms with E-state index < -0.39 is 23.5 Å². The van der Waals surface area contributed by atoms with E-state index >= 15 is 0 Å². The highest BCUT2D eigenvalue weighted by Gasteiger charge is 2.41. The lowest BCUT2D eigenvalue weighted by Crippen LogP contribution is -2.62. The number of hydrogen-bond donors (Lipinski definition) is 1. The number of nitrogens with zero attached hydrogens (tertiary/aromatic N) is 5. The number of anilines is 1. The van der Waals surface area contributed by atoms with Crippen LogP contribution in [0.1, 0.15) is 56.7 Å². The van der Waals surface area contributed by atoms with Crippen LogP contribution in [0, 0.1) is 5.82 Å². The molecule has 0 radical (unpaired) electrons. The van der Waals surface area contributed by atoms with Crippen LogP contribution in [0.4, 0.5) is 15.0 Å². The number of fused-ring (bicyclic) bond motifs is 1. The van der Waals surface area contributed by atoms with Gasteiger partial charge in [0.15, 0.2) is 0 Å². The molecule has 0 saturated carbocycles. The molecule has 37 heavy (non-hydrogen) atoms. The Morgan fingerprint density at radius 2 is 2.00 bits per heavy atom. The zero-order valence-corrected chi connectivity index (χ0v) is 23.3. The largest absolute Gasteiger partial charge is 0.465 e. The van der Waals surface area contributed by atoms with Crippen molar-refractivity contribution in [2.75, 3.05) is 24.5 Å². The fourth-order valence-electron chi connectivity index (χ4n) is 5.22. The van der Waals surface area contributed by atoms with E-state index in [1.165, 1.54) is 17.0 Å². The van der Waals surface area contributed by atoms with Gasteiger partial charge in [0.05, 0.1) is 10.7 Å². The number of rotatable bonds is 5. The van der Waals surface area contributed by atoms with Gasteiger partial charge in [0, 0.05) is 54.2 Å². The summed E-state index contributed by atoms with van der Waals surface area (Å²) in [5.74, 6) is 0.882. The molecule has 3 atom stereocenters. The molecule has 1 saturated heterocycles. The van der Waals surface area contributed by atoms with Crippen LogP contribution in [-0.4, -0.2) is 74.1 Å². The van der Waals surface area contributed by atoms with Crippen molar-refractivity contribution in [2.24, 2.45) is 0 Å². The van der Waals surface area contributed by atoms with Crippen LogP contribution < -0.4 is 4.90 Å². The van der Waals surface area contributed by atoms with Crippen molar-refractivity contribution < 1.29 is 19.1 Å². The first-order valence-corrected chi connectivity index (χ1v) is 13.8. The Bertz CT molecular complexity index is 1190. The first kappa shape index (κ1) is 27.4. The maximum absolute atomic E-state index is 14.2. The normalized spacial score (nSPS) is 20.5. The number of carboxylic acid groups (broad SMARTS) is 1. The average molecular weight is 550 g/mol.